The summed E-state index contributed by atoms with van der Waals surface area (Å²) in [5.74, 6) is -2.36. The number of Topliss-reactive ketones (excluding diaryl/α,β-unsaturated/α-hetero) is 1. The Morgan fingerprint density at radius 1 is 1.15 bits per heavy atom. The van der Waals surface area contributed by atoms with E-state index in [2.05, 4.69) is 10.7 Å². The van der Waals surface area contributed by atoms with Crippen LogP contribution in [0.5, 0.6) is 0 Å². The Balaban J connectivity index is 2.00. The summed E-state index contributed by atoms with van der Waals surface area (Å²) in [6.45, 7) is 2.41. The second kappa shape index (κ2) is 8.43. The summed E-state index contributed by atoms with van der Waals surface area (Å²) in [6.07, 6.45) is 0.163. The topological polar surface area (TPSA) is 122 Å². The van der Waals surface area contributed by atoms with Crippen LogP contribution < -0.4 is 10.7 Å². The fourth-order valence-electron chi connectivity index (χ4n) is 2.69. The molecule has 1 aromatic rings. The number of benzene rings is 1. The van der Waals surface area contributed by atoms with Gasteiger partial charge in [0.2, 0.25) is 0 Å². The van der Waals surface area contributed by atoms with Gasteiger partial charge in [0.15, 0.2) is 6.61 Å². The van der Waals surface area contributed by atoms with Crippen LogP contribution in [0.3, 0.4) is 0 Å². The standard InChI is InChI=1S/C18H21N3O6/c1-3-18(13-7-5-4-6-8-13)16(25)21(17(26)19-18)20-14(23)11-27-15(24)10-9-12(2)22/h4-8H,3,9-11H2,1-2H3,(H,19,26)(H,20,23)/t18-/m1/s1. The van der Waals surface area contributed by atoms with Crippen molar-refractivity contribution in [2.24, 2.45) is 0 Å². The monoisotopic (exact) mass is 375 g/mol. The summed E-state index contributed by atoms with van der Waals surface area (Å²) < 4.78 is 4.73. The van der Waals surface area contributed by atoms with Crippen LogP contribution in [0.1, 0.15) is 38.7 Å². The molecule has 4 amide bonds. The molecule has 0 bridgehead atoms. The van der Waals surface area contributed by atoms with Crippen molar-refractivity contribution in [1.82, 2.24) is 15.8 Å². The second-order valence-electron chi connectivity index (χ2n) is 6.09. The Morgan fingerprint density at radius 2 is 1.81 bits per heavy atom. The summed E-state index contributed by atoms with van der Waals surface area (Å²) >= 11 is 0. The van der Waals surface area contributed by atoms with Gasteiger partial charge in [0.05, 0.1) is 6.42 Å². The summed E-state index contributed by atoms with van der Waals surface area (Å²) in [5, 5.41) is 3.20. The number of nitrogens with zero attached hydrogens (tertiary/aromatic N) is 1. The molecule has 0 aliphatic carbocycles. The molecule has 1 aromatic carbocycles. The number of carbonyl (C=O) groups is 5. The summed E-state index contributed by atoms with van der Waals surface area (Å²) in [4.78, 5) is 59.2. The van der Waals surface area contributed by atoms with Gasteiger partial charge in [-0.05, 0) is 18.9 Å². The molecule has 0 aromatic heterocycles. The predicted molar refractivity (Wildman–Crippen MR) is 92.8 cm³/mol. The van der Waals surface area contributed by atoms with Crippen molar-refractivity contribution in [3.63, 3.8) is 0 Å². The van der Waals surface area contributed by atoms with Crippen LogP contribution in [-0.2, 0) is 29.5 Å². The van der Waals surface area contributed by atoms with Crippen molar-refractivity contribution in [1.29, 1.82) is 0 Å². The van der Waals surface area contributed by atoms with Crippen LogP contribution in [0.4, 0.5) is 4.79 Å². The Labute approximate surface area is 156 Å². The average Bonchev–Trinajstić information content (AvgIpc) is 2.90. The SMILES string of the molecule is CC[C@]1(c2ccccc2)NC(=O)N(NC(=O)COC(=O)CCC(C)=O)C1=O. The highest BCUT2D eigenvalue weighted by Gasteiger charge is 2.52. The van der Waals surface area contributed by atoms with Gasteiger partial charge in [-0.25, -0.2) is 4.79 Å². The summed E-state index contributed by atoms with van der Waals surface area (Å²) in [5.41, 5.74) is 1.47. The lowest BCUT2D eigenvalue weighted by atomic mass is 9.87. The minimum Gasteiger partial charge on any atom is -0.455 e. The third-order valence-electron chi connectivity index (χ3n) is 4.17. The first kappa shape index (κ1) is 20.1. The Morgan fingerprint density at radius 3 is 2.41 bits per heavy atom. The van der Waals surface area contributed by atoms with Crippen molar-refractivity contribution in [2.75, 3.05) is 6.61 Å². The van der Waals surface area contributed by atoms with E-state index in [0.717, 1.165) is 0 Å². The molecule has 2 N–H and O–H groups in total. The van der Waals surface area contributed by atoms with Gasteiger partial charge in [0, 0.05) is 6.42 Å². The van der Waals surface area contributed by atoms with Gasteiger partial charge < -0.3 is 14.8 Å². The number of nitrogens with one attached hydrogen (secondary N) is 2. The Hall–Kier alpha value is -3.23. The lowest BCUT2D eigenvalue weighted by molar-refractivity contribution is -0.151. The van der Waals surface area contributed by atoms with Crippen molar-refractivity contribution >= 4 is 29.6 Å². The number of urea groups is 1. The van der Waals surface area contributed by atoms with E-state index >= 15 is 0 Å². The van der Waals surface area contributed by atoms with Crippen molar-refractivity contribution in [3.8, 4) is 0 Å². The third kappa shape index (κ3) is 4.49. The number of imide groups is 1. The van der Waals surface area contributed by atoms with Crippen LogP contribution in [0, 0.1) is 0 Å². The number of ether oxygens (including phenoxy) is 1. The number of hydrazine groups is 1. The van der Waals surface area contributed by atoms with Crippen LogP contribution in [-0.4, -0.2) is 41.2 Å². The molecule has 1 saturated heterocycles. The lowest BCUT2D eigenvalue weighted by Crippen LogP contribution is -2.49. The van der Waals surface area contributed by atoms with Gasteiger partial charge in [-0.1, -0.05) is 37.3 Å². The van der Waals surface area contributed by atoms with E-state index in [4.69, 9.17) is 4.74 Å². The van der Waals surface area contributed by atoms with Crippen LogP contribution in [0.25, 0.3) is 0 Å². The number of esters is 1. The molecule has 1 fully saturated rings. The Kier molecular flexibility index (Phi) is 6.27. The molecule has 27 heavy (non-hydrogen) atoms. The number of rotatable bonds is 8. The fraction of sp³-hybridized carbons (Fsp3) is 0.389. The van der Waals surface area contributed by atoms with E-state index in [1.807, 2.05) is 0 Å². The molecule has 1 aliphatic rings. The first-order valence-electron chi connectivity index (χ1n) is 8.47. The van der Waals surface area contributed by atoms with Crippen LogP contribution in [0.15, 0.2) is 30.3 Å². The molecule has 1 atom stereocenters. The fourth-order valence-corrected chi connectivity index (χ4v) is 2.69. The van der Waals surface area contributed by atoms with E-state index in [0.29, 0.717) is 10.6 Å². The smallest absolute Gasteiger partial charge is 0.344 e. The zero-order valence-electron chi connectivity index (χ0n) is 15.1. The molecule has 1 aliphatic heterocycles. The van der Waals surface area contributed by atoms with Gasteiger partial charge in [-0.15, -0.1) is 0 Å². The van der Waals surface area contributed by atoms with Gasteiger partial charge >= 0.3 is 12.0 Å². The highest BCUT2D eigenvalue weighted by Crippen LogP contribution is 2.31. The van der Waals surface area contributed by atoms with E-state index in [9.17, 15) is 24.0 Å². The van der Waals surface area contributed by atoms with Gasteiger partial charge in [0.25, 0.3) is 11.8 Å². The largest absolute Gasteiger partial charge is 0.455 e. The van der Waals surface area contributed by atoms with E-state index in [1.54, 1.807) is 37.3 Å². The maximum atomic E-state index is 12.8. The number of carbonyl (C=O) groups excluding carboxylic acids is 5. The van der Waals surface area contributed by atoms with Gasteiger partial charge in [-0.3, -0.25) is 19.8 Å². The molecule has 0 spiro atoms. The summed E-state index contributed by atoms with van der Waals surface area (Å²) in [6, 6.07) is 7.92. The molecule has 9 nitrogen and oxygen atoms in total. The van der Waals surface area contributed by atoms with Gasteiger partial charge in [-0.2, -0.15) is 5.01 Å². The lowest BCUT2D eigenvalue weighted by Gasteiger charge is -2.25. The molecule has 9 heteroatoms. The third-order valence-corrected chi connectivity index (χ3v) is 4.17. The maximum absolute atomic E-state index is 12.8. The number of hydrogen-bond acceptors (Lipinski definition) is 6. The molecule has 2 rings (SSSR count). The highest BCUT2D eigenvalue weighted by atomic mass is 16.5. The van der Waals surface area contributed by atoms with Crippen molar-refractivity contribution in [3.05, 3.63) is 35.9 Å². The first-order chi connectivity index (χ1) is 12.8. The predicted octanol–water partition coefficient (Wildman–Crippen LogP) is 0.787. The minimum absolute atomic E-state index is 0.0174. The number of ketones is 1. The molecule has 144 valence electrons. The van der Waals surface area contributed by atoms with E-state index in [1.165, 1.54) is 6.92 Å². The molecule has 0 saturated carbocycles. The Bertz CT molecular complexity index is 764. The van der Waals surface area contributed by atoms with Crippen molar-refractivity contribution in [2.45, 2.75) is 38.6 Å². The van der Waals surface area contributed by atoms with Crippen LogP contribution in [0.2, 0.25) is 0 Å². The number of amides is 4. The average molecular weight is 375 g/mol. The quantitative estimate of drug-likeness (QED) is 0.512. The first-order valence-corrected chi connectivity index (χ1v) is 8.47. The maximum Gasteiger partial charge on any atom is 0.344 e. The molecular weight excluding hydrogens is 354 g/mol. The second-order valence-corrected chi connectivity index (χ2v) is 6.09. The molecule has 0 unspecified atom stereocenters. The molecular formula is C18H21N3O6. The van der Waals surface area contributed by atoms with Crippen LogP contribution >= 0.6 is 0 Å². The van der Waals surface area contributed by atoms with E-state index < -0.39 is 36.0 Å². The minimum atomic E-state index is -1.27. The zero-order valence-corrected chi connectivity index (χ0v) is 15.1. The van der Waals surface area contributed by atoms with Gasteiger partial charge in [0.1, 0.15) is 11.3 Å². The zero-order chi connectivity index (χ0) is 20.0. The summed E-state index contributed by atoms with van der Waals surface area (Å²) in [7, 11) is 0. The van der Waals surface area contributed by atoms with E-state index in [-0.39, 0.29) is 25.0 Å². The molecule has 1 heterocycles. The van der Waals surface area contributed by atoms with Crippen molar-refractivity contribution < 1.29 is 28.7 Å². The molecule has 0 radical (unpaired) electrons. The normalized spacial score (nSPS) is 18.8. The highest BCUT2D eigenvalue weighted by molar-refractivity contribution is 6.08. The number of hydrogen-bond donors (Lipinski definition) is 2.